The minimum atomic E-state index is -0.339. The Morgan fingerprint density at radius 3 is 2.89 bits per heavy atom. The van der Waals surface area contributed by atoms with E-state index in [1.165, 1.54) is 17.4 Å². The van der Waals surface area contributed by atoms with Crippen LogP contribution >= 0.6 is 11.3 Å². The van der Waals surface area contributed by atoms with Crippen LogP contribution in [0.4, 0.5) is 4.39 Å². The number of rotatable bonds is 6. The van der Waals surface area contributed by atoms with Gasteiger partial charge in [-0.1, -0.05) is 12.1 Å². The number of hydrogen-bond donors (Lipinski definition) is 1. The fourth-order valence-electron chi connectivity index (χ4n) is 1.50. The van der Waals surface area contributed by atoms with Gasteiger partial charge in [-0.3, -0.25) is 0 Å². The Balaban J connectivity index is 1.74. The smallest absolute Gasteiger partial charge is 0.165 e. The summed E-state index contributed by atoms with van der Waals surface area (Å²) < 4.78 is 18.6. The third-order valence-corrected chi connectivity index (χ3v) is 3.35. The zero-order chi connectivity index (χ0) is 12.8. The van der Waals surface area contributed by atoms with Crippen LogP contribution in [0, 0.1) is 5.82 Å². The maximum absolute atomic E-state index is 13.2. The molecule has 0 saturated carbocycles. The van der Waals surface area contributed by atoms with Crippen LogP contribution in [0.25, 0.3) is 0 Å². The number of aliphatic hydroxyl groups is 1. The van der Waals surface area contributed by atoms with Crippen molar-refractivity contribution in [1.29, 1.82) is 0 Å². The first-order valence-corrected chi connectivity index (χ1v) is 6.59. The highest BCUT2D eigenvalue weighted by Crippen LogP contribution is 2.16. The highest BCUT2D eigenvalue weighted by atomic mass is 32.1. The van der Waals surface area contributed by atoms with Crippen molar-refractivity contribution >= 4 is 11.3 Å². The Kier molecular flexibility index (Phi) is 4.66. The second kappa shape index (κ2) is 6.47. The molecule has 1 aromatic carbocycles. The fraction of sp³-hybridized carbons (Fsp3) is 0.308. The molecule has 0 saturated heterocycles. The zero-order valence-electron chi connectivity index (χ0n) is 9.80. The molecule has 18 heavy (non-hydrogen) atoms. The summed E-state index contributed by atoms with van der Waals surface area (Å²) in [5.41, 5.74) is 0.699. The van der Waals surface area contributed by atoms with E-state index in [1.807, 2.05) is 5.38 Å². The van der Waals surface area contributed by atoms with Crippen molar-refractivity contribution in [1.82, 2.24) is 4.98 Å². The molecule has 0 aliphatic carbocycles. The van der Waals surface area contributed by atoms with Gasteiger partial charge in [0.2, 0.25) is 0 Å². The Labute approximate surface area is 109 Å². The summed E-state index contributed by atoms with van der Waals surface area (Å²) in [5.74, 6) is -0.0537. The van der Waals surface area contributed by atoms with E-state index >= 15 is 0 Å². The van der Waals surface area contributed by atoms with Crippen molar-refractivity contribution in [2.45, 2.75) is 19.4 Å². The molecular formula is C13H14FNO2S. The maximum Gasteiger partial charge on any atom is 0.165 e. The molecule has 0 aliphatic rings. The van der Waals surface area contributed by atoms with Crippen LogP contribution in [0.5, 0.6) is 5.75 Å². The van der Waals surface area contributed by atoms with E-state index in [0.717, 1.165) is 17.8 Å². The van der Waals surface area contributed by atoms with Crippen molar-refractivity contribution in [3.8, 4) is 5.75 Å². The average Bonchev–Trinajstić information content (AvgIpc) is 2.84. The quantitative estimate of drug-likeness (QED) is 0.818. The maximum atomic E-state index is 13.2. The standard InChI is InChI=1S/C13H14FNO2S/c14-11-4-1-2-5-12(11)17-7-3-6-13-15-10(8-16)9-18-13/h1-2,4-5,9,16H,3,6-8H2. The number of benzene rings is 1. The minimum absolute atomic E-state index is 0.0256. The van der Waals surface area contributed by atoms with Gasteiger partial charge in [-0.05, 0) is 18.6 Å². The molecule has 96 valence electrons. The molecule has 5 heteroatoms. The molecule has 1 aromatic heterocycles. The van der Waals surface area contributed by atoms with E-state index in [2.05, 4.69) is 4.98 Å². The van der Waals surface area contributed by atoms with Crippen LogP contribution in [0.3, 0.4) is 0 Å². The van der Waals surface area contributed by atoms with Gasteiger partial charge in [0.05, 0.1) is 23.9 Å². The lowest BCUT2D eigenvalue weighted by Gasteiger charge is -2.05. The molecule has 3 nitrogen and oxygen atoms in total. The molecule has 1 N–H and O–H groups in total. The number of aryl methyl sites for hydroxylation is 1. The van der Waals surface area contributed by atoms with E-state index in [0.29, 0.717) is 12.3 Å². The Morgan fingerprint density at radius 1 is 1.33 bits per heavy atom. The summed E-state index contributed by atoms with van der Waals surface area (Å²) in [6.45, 7) is 0.428. The summed E-state index contributed by atoms with van der Waals surface area (Å²) in [7, 11) is 0. The van der Waals surface area contributed by atoms with Crippen LogP contribution < -0.4 is 4.74 Å². The minimum Gasteiger partial charge on any atom is -0.491 e. The predicted octanol–water partition coefficient (Wildman–Crippen LogP) is 2.79. The lowest BCUT2D eigenvalue weighted by Crippen LogP contribution is -2.00. The van der Waals surface area contributed by atoms with E-state index in [4.69, 9.17) is 9.84 Å². The van der Waals surface area contributed by atoms with Crippen molar-refractivity contribution in [2.75, 3.05) is 6.61 Å². The number of nitrogens with zero attached hydrogens (tertiary/aromatic N) is 1. The second-order valence-corrected chi connectivity index (χ2v) is 4.72. The van der Waals surface area contributed by atoms with Gasteiger partial charge in [-0.2, -0.15) is 0 Å². The molecule has 0 radical (unpaired) electrons. The summed E-state index contributed by atoms with van der Waals surface area (Å²) in [6, 6.07) is 6.37. The molecule has 0 amide bonds. The molecule has 0 unspecified atom stereocenters. The lowest BCUT2D eigenvalue weighted by atomic mass is 10.3. The Morgan fingerprint density at radius 2 is 2.17 bits per heavy atom. The molecule has 0 atom stereocenters. The van der Waals surface area contributed by atoms with Crippen LogP contribution in [-0.4, -0.2) is 16.7 Å². The normalized spacial score (nSPS) is 10.6. The molecule has 2 aromatic rings. The van der Waals surface area contributed by atoms with Crippen LogP contribution in [0.15, 0.2) is 29.6 Å². The molecule has 0 fully saturated rings. The van der Waals surface area contributed by atoms with Crippen molar-refractivity contribution in [2.24, 2.45) is 0 Å². The van der Waals surface area contributed by atoms with E-state index in [9.17, 15) is 4.39 Å². The summed E-state index contributed by atoms with van der Waals surface area (Å²) in [4.78, 5) is 4.23. The molecule has 1 heterocycles. The number of aliphatic hydroxyl groups excluding tert-OH is 1. The molecule has 0 bridgehead atoms. The molecule has 0 spiro atoms. The largest absolute Gasteiger partial charge is 0.491 e. The van der Waals surface area contributed by atoms with Crippen LogP contribution in [0.2, 0.25) is 0 Å². The number of hydrogen-bond acceptors (Lipinski definition) is 4. The third kappa shape index (κ3) is 3.51. The van der Waals surface area contributed by atoms with Crippen LogP contribution in [0.1, 0.15) is 17.1 Å². The first-order valence-electron chi connectivity index (χ1n) is 5.71. The number of para-hydroxylation sites is 1. The molecule has 0 aliphatic heterocycles. The number of aromatic nitrogens is 1. The SMILES string of the molecule is OCc1csc(CCCOc2ccccc2F)n1. The fourth-order valence-corrected chi connectivity index (χ4v) is 2.34. The highest BCUT2D eigenvalue weighted by Gasteiger charge is 2.03. The van der Waals surface area contributed by atoms with Gasteiger partial charge >= 0.3 is 0 Å². The van der Waals surface area contributed by atoms with Crippen molar-refractivity contribution in [3.05, 3.63) is 46.2 Å². The van der Waals surface area contributed by atoms with Gasteiger partial charge in [0.1, 0.15) is 0 Å². The van der Waals surface area contributed by atoms with Gasteiger partial charge in [0.15, 0.2) is 11.6 Å². The van der Waals surface area contributed by atoms with Crippen molar-refractivity contribution < 1.29 is 14.2 Å². The van der Waals surface area contributed by atoms with E-state index in [1.54, 1.807) is 18.2 Å². The number of ether oxygens (including phenoxy) is 1. The van der Waals surface area contributed by atoms with Gasteiger partial charge < -0.3 is 9.84 Å². The lowest BCUT2D eigenvalue weighted by molar-refractivity contribution is 0.277. The summed E-state index contributed by atoms with van der Waals surface area (Å²) in [5, 5.41) is 11.7. The first kappa shape index (κ1) is 13.0. The van der Waals surface area contributed by atoms with E-state index < -0.39 is 0 Å². The van der Waals surface area contributed by atoms with Gasteiger partial charge in [-0.15, -0.1) is 11.3 Å². The first-order chi connectivity index (χ1) is 8.79. The molecular weight excluding hydrogens is 253 g/mol. The van der Waals surface area contributed by atoms with Gasteiger partial charge in [0.25, 0.3) is 0 Å². The van der Waals surface area contributed by atoms with Crippen LogP contribution in [-0.2, 0) is 13.0 Å². The second-order valence-electron chi connectivity index (χ2n) is 3.77. The number of halogens is 1. The zero-order valence-corrected chi connectivity index (χ0v) is 10.6. The Hall–Kier alpha value is -1.46. The molecule has 2 rings (SSSR count). The van der Waals surface area contributed by atoms with E-state index in [-0.39, 0.29) is 18.2 Å². The predicted molar refractivity (Wildman–Crippen MR) is 68.3 cm³/mol. The summed E-state index contributed by atoms with van der Waals surface area (Å²) >= 11 is 1.52. The topological polar surface area (TPSA) is 42.4 Å². The average molecular weight is 267 g/mol. The monoisotopic (exact) mass is 267 g/mol. The van der Waals surface area contributed by atoms with Gasteiger partial charge in [-0.25, -0.2) is 9.37 Å². The Bertz CT molecular complexity index is 501. The highest BCUT2D eigenvalue weighted by molar-refractivity contribution is 7.09. The van der Waals surface area contributed by atoms with Gasteiger partial charge in [0, 0.05) is 11.8 Å². The third-order valence-electron chi connectivity index (χ3n) is 2.39. The van der Waals surface area contributed by atoms with Crippen molar-refractivity contribution in [3.63, 3.8) is 0 Å². The summed E-state index contributed by atoms with van der Waals surface area (Å²) in [6.07, 6.45) is 1.55. The number of thiazole rings is 1.